The monoisotopic (exact) mass is 265 g/mol. The van der Waals surface area contributed by atoms with Crippen LogP contribution < -0.4 is 10.5 Å². The number of rotatable bonds is 3. The minimum Gasteiger partial charge on any atom is -0.497 e. The second kappa shape index (κ2) is 5.17. The van der Waals surface area contributed by atoms with E-state index in [9.17, 15) is 0 Å². The highest BCUT2D eigenvalue weighted by atomic mass is 16.5. The Labute approximate surface area is 117 Å². The van der Waals surface area contributed by atoms with Crippen LogP contribution in [0.5, 0.6) is 5.75 Å². The Kier molecular flexibility index (Phi) is 3.21. The number of nitrogens with zero attached hydrogens (tertiary/aromatic N) is 2. The standard InChI is InChI=1S/C16H15N3O/c1-20-14-6-2-11(3-7-14)10-13-5-4-12-8-9-18-16(17)15(12)19-13/h2-9H,10H2,1H3,(H2,17,18). The van der Waals surface area contributed by atoms with Crippen molar-refractivity contribution in [3.63, 3.8) is 0 Å². The molecule has 2 N–H and O–H groups in total. The third-order valence-corrected chi connectivity index (χ3v) is 3.24. The molecule has 2 heterocycles. The first-order chi connectivity index (χ1) is 9.76. The lowest BCUT2D eigenvalue weighted by atomic mass is 10.1. The van der Waals surface area contributed by atoms with Crippen LogP contribution in [0.4, 0.5) is 5.82 Å². The summed E-state index contributed by atoms with van der Waals surface area (Å²) in [5.41, 5.74) is 8.78. The molecule has 1 aromatic carbocycles. The van der Waals surface area contributed by atoms with Crippen LogP contribution in [-0.4, -0.2) is 17.1 Å². The van der Waals surface area contributed by atoms with E-state index in [0.29, 0.717) is 5.82 Å². The number of methoxy groups -OCH3 is 1. The van der Waals surface area contributed by atoms with Gasteiger partial charge in [-0.3, -0.25) is 0 Å². The summed E-state index contributed by atoms with van der Waals surface area (Å²) in [6.07, 6.45) is 2.46. The minimum absolute atomic E-state index is 0.471. The summed E-state index contributed by atoms with van der Waals surface area (Å²) in [7, 11) is 1.66. The van der Waals surface area contributed by atoms with Crippen LogP contribution in [0, 0.1) is 0 Å². The summed E-state index contributed by atoms with van der Waals surface area (Å²) in [5, 5.41) is 1.01. The number of hydrogen-bond donors (Lipinski definition) is 1. The zero-order valence-electron chi connectivity index (χ0n) is 11.2. The van der Waals surface area contributed by atoms with Crippen LogP contribution in [0.2, 0.25) is 0 Å². The highest BCUT2D eigenvalue weighted by Crippen LogP contribution is 2.19. The maximum absolute atomic E-state index is 5.87. The molecule has 0 aliphatic carbocycles. The lowest BCUT2D eigenvalue weighted by Crippen LogP contribution is -1.97. The van der Waals surface area contributed by atoms with Gasteiger partial charge in [0.2, 0.25) is 0 Å². The van der Waals surface area contributed by atoms with Gasteiger partial charge in [-0.15, -0.1) is 0 Å². The lowest BCUT2D eigenvalue weighted by Gasteiger charge is -2.06. The van der Waals surface area contributed by atoms with E-state index in [2.05, 4.69) is 9.97 Å². The average molecular weight is 265 g/mol. The van der Waals surface area contributed by atoms with Crippen LogP contribution in [-0.2, 0) is 6.42 Å². The first kappa shape index (κ1) is 12.4. The summed E-state index contributed by atoms with van der Waals surface area (Å²) < 4.78 is 5.15. The molecule has 0 amide bonds. The van der Waals surface area contributed by atoms with Gasteiger partial charge in [-0.2, -0.15) is 0 Å². The summed E-state index contributed by atoms with van der Waals surface area (Å²) in [4.78, 5) is 8.67. The molecule has 0 atom stereocenters. The third-order valence-electron chi connectivity index (χ3n) is 3.24. The number of pyridine rings is 2. The quantitative estimate of drug-likeness (QED) is 0.791. The van der Waals surface area contributed by atoms with Crippen LogP contribution in [0.1, 0.15) is 11.3 Å². The van der Waals surface area contributed by atoms with Crippen molar-refractivity contribution in [2.75, 3.05) is 12.8 Å². The molecule has 0 aliphatic heterocycles. The molecule has 0 fully saturated rings. The molecule has 0 saturated heterocycles. The van der Waals surface area contributed by atoms with E-state index in [1.54, 1.807) is 13.3 Å². The lowest BCUT2D eigenvalue weighted by molar-refractivity contribution is 0.414. The molecule has 0 unspecified atom stereocenters. The predicted molar refractivity (Wildman–Crippen MR) is 79.8 cm³/mol. The first-order valence-electron chi connectivity index (χ1n) is 6.39. The highest BCUT2D eigenvalue weighted by molar-refractivity contribution is 5.86. The maximum atomic E-state index is 5.87. The Morgan fingerprint density at radius 2 is 1.85 bits per heavy atom. The molecular weight excluding hydrogens is 250 g/mol. The van der Waals surface area contributed by atoms with E-state index in [1.807, 2.05) is 42.5 Å². The Morgan fingerprint density at radius 1 is 1.05 bits per heavy atom. The molecule has 0 bridgehead atoms. The molecule has 4 nitrogen and oxygen atoms in total. The molecule has 20 heavy (non-hydrogen) atoms. The highest BCUT2D eigenvalue weighted by Gasteiger charge is 2.04. The van der Waals surface area contributed by atoms with Crippen molar-refractivity contribution in [3.05, 3.63) is 59.9 Å². The molecule has 3 rings (SSSR count). The smallest absolute Gasteiger partial charge is 0.149 e. The van der Waals surface area contributed by atoms with Gasteiger partial charge in [0.15, 0.2) is 0 Å². The Hall–Kier alpha value is -2.62. The third kappa shape index (κ3) is 2.40. The first-order valence-corrected chi connectivity index (χ1v) is 6.39. The van der Waals surface area contributed by atoms with Gasteiger partial charge < -0.3 is 10.5 Å². The number of nitrogen functional groups attached to an aromatic ring is 1. The average Bonchev–Trinajstić information content (AvgIpc) is 2.49. The van der Waals surface area contributed by atoms with Crippen LogP contribution >= 0.6 is 0 Å². The number of aromatic nitrogens is 2. The Balaban J connectivity index is 1.92. The van der Waals surface area contributed by atoms with Crippen LogP contribution in [0.25, 0.3) is 10.9 Å². The number of fused-ring (bicyclic) bond motifs is 1. The van der Waals surface area contributed by atoms with E-state index in [1.165, 1.54) is 5.56 Å². The molecule has 4 heteroatoms. The molecule has 0 aliphatic rings. The van der Waals surface area contributed by atoms with E-state index in [0.717, 1.165) is 28.8 Å². The molecule has 0 radical (unpaired) electrons. The Bertz CT molecular complexity index is 738. The maximum Gasteiger partial charge on any atom is 0.149 e. The number of hydrogen-bond acceptors (Lipinski definition) is 4. The van der Waals surface area contributed by atoms with Crippen molar-refractivity contribution in [1.82, 2.24) is 9.97 Å². The Morgan fingerprint density at radius 3 is 2.60 bits per heavy atom. The van der Waals surface area contributed by atoms with E-state index in [-0.39, 0.29) is 0 Å². The topological polar surface area (TPSA) is 61.0 Å². The van der Waals surface area contributed by atoms with Gasteiger partial charge in [0.1, 0.15) is 17.1 Å². The van der Waals surface area contributed by atoms with Gasteiger partial charge in [-0.1, -0.05) is 18.2 Å². The molecule has 2 aromatic heterocycles. The number of anilines is 1. The number of nitrogens with two attached hydrogens (primary N) is 1. The van der Waals surface area contributed by atoms with Crippen LogP contribution in [0.3, 0.4) is 0 Å². The second-order valence-electron chi connectivity index (χ2n) is 4.60. The fourth-order valence-electron chi connectivity index (χ4n) is 2.16. The van der Waals surface area contributed by atoms with Crippen molar-refractivity contribution in [1.29, 1.82) is 0 Å². The SMILES string of the molecule is COc1ccc(Cc2ccc3ccnc(N)c3n2)cc1. The van der Waals surface area contributed by atoms with Crippen LogP contribution in [0.15, 0.2) is 48.7 Å². The van der Waals surface area contributed by atoms with Crippen molar-refractivity contribution in [2.45, 2.75) is 6.42 Å². The fraction of sp³-hybridized carbons (Fsp3) is 0.125. The van der Waals surface area contributed by atoms with Gasteiger partial charge in [-0.25, -0.2) is 9.97 Å². The molecule has 3 aromatic rings. The van der Waals surface area contributed by atoms with E-state index >= 15 is 0 Å². The summed E-state index contributed by atoms with van der Waals surface area (Å²) in [6, 6.07) is 13.9. The van der Waals surface area contributed by atoms with E-state index in [4.69, 9.17) is 10.5 Å². The summed E-state index contributed by atoms with van der Waals surface area (Å²) >= 11 is 0. The largest absolute Gasteiger partial charge is 0.497 e. The van der Waals surface area contributed by atoms with Gasteiger partial charge in [0.25, 0.3) is 0 Å². The van der Waals surface area contributed by atoms with Gasteiger partial charge in [0.05, 0.1) is 7.11 Å². The minimum atomic E-state index is 0.471. The molecule has 0 spiro atoms. The van der Waals surface area contributed by atoms with Crippen molar-refractivity contribution >= 4 is 16.7 Å². The van der Waals surface area contributed by atoms with Gasteiger partial charge in [-0.05, 0) is 29.8 Å². The van der Waals surface area contributed by atoms with Crippen molar-refractivity contribution in [3.8, 4) is 5.75 Å². The summed E-state index contributed by atoms with van der Waals surface area (Å²) in [6.45, 7) is 0. The normalized spacial score (nSPS) is 10.7. The van der Waals surface area contributed by atoms with E-state index < -0.39 is 0 Å². The number of benzene rings is 1. The predicted octanol–water partition coefficient (Wildman–Crippen LogP) is 2.81. The number of ether oxygens (including phenoxy) is 1. The summed E-state index contributed by atoms with van der Waals surface area (Å²) in [5.74, 6) is 1.33. The zero-order valence-corrected chi connectivity index (χ0v) is 11.2. The zero-order chi connectivity index (χ0) is 13.9. The molecular formula is C16H15N3O. The van der Waals surface area contributed by atoms with Crippen molar-refractivity contribution in [2.24, 2.45) is 0 Å². The second-order valence-corrected chi connectivity index (χ2v) is 4.60. The molecule has 0 saturated carbocycles. The molecule has 100 valence electrons. The fourth-order valence-corrected chi connectivity index (χ4v) is 2.16. The van der Waals surface area contributed by atoms with Gasteiger partial charge >= 0.3 is 0 Å². The van der Waals surface area contributed by atoms with Crippen molar-refractivity contribution < 1.29 is 4.74 Å². The van der Waals surface area contributed by atoms with Gasteiger partial charge in [0, 0.05) is 23.7 Å².